The Bertz CT molecular complexity index is 1120. The second-order valence-electron chi connectivity index (χ2n) is 7.91. The molecule has 0 atom stereocenters. The number of aromatic nitrogens is 2. The van der Waals surface area contributed by atoms with Crippen molar-refractivity contribution in [2.24, 2.45) is 0 Å². The van der Waals surface area contributed by atoms with Gasteiger partial charge < -0.3 is 10.2 Å². The molecule has 0 radical (unpaired) electrons. The Morgan fingerprint density at radius 3 is 2.58 bits per heavy atom. The number of amides is 2. The minimum atomic E-state index is -0.254. The van der Waals surface area contributed by atoms with Crippen LogP contribution in [0.2, 0.25) is 5.02 Å². The maximum Gasteiger partial charge on any atom is 0.286 e. The summed E-state index contributed by atoms with van der Waals surface area (Å²) in [5.74, 6) is -0.292. The molecule has 4 rings (SSSR count). The molecule has 0 spiro atoms. The SMILES string of the molecule is CCc1ccc(NC(=O)c2nnc(CN3CCCN(C(=O)c4ccccc4Cl)CC3)s2)cc1. The van der Waals surface area contributed by atoms with Crippen molar-refractivity contribution in [1.82, 2.24) is 20.0 Å². The van der Waals surface area contributed by atoms with Gasteiger partial charge in [0.25, 0.3) is 11.8 Å². The Labute approximate surface area is 202 Å². The molecule has 1 saturated heterocycles. The zero-order chi connectivity index (χ0) is 23.2. The molecule has 0 bridgehead atoms. The van der Waals surface area contributed by atoms with Gasteiger partial charge in [0.1, 0.15) is 5.01 Å². The second kappa shape index (κ2) is 10.9. The molecule has 2 heterocycles. The van der Waals surface area contributed by atoms with Gasteiger partial charge in [0.2, 0.25) is 5.01 Å². The zero-order valence-electron chi connectivity index (χ0n) is 18.5. The first-order valence-electron chi connectivity index (χ1n) is 11.0. The number of carbonyl (C=O) groups is 2. The van der Waals surface area contributed by atoms with Gasteiger partial charge in [-0.15, -0.1) is 10.2 Å². The molecular formula is C24H26ClN5O2S. The van der Waals surface area contributed by atoms with Gasteiger partial charge >= 0.3 is 0 Å². The maximum atomic E-state index is 12.9. The number of hydrogen-bond acceptors (Lipinski definition) is 6. The van der Waals surface area contributed by atoms with E-state index in [9.17, 15) is 9.59 Å². The molecule has 1 fully saturated rings. The first-order chi connectivity index (χ1) is 16.0. The van der Waals surface area contributed by atoms with Gasteiger partial charge in [0, 0.05) is 31.9 Å². The molecule has 172 valence electrons. The van der Waals surface area contributed by atoms with Crippen LogP contribution in [0, 0.1) is 0 Å². The average Bonchev–Trinajstić information content (AvgIpc) is 3.17. The van der Waals surface area contributed by atoms with Crippen LogP contribution in [-0.4, -0.2) is 58.0 Å². The lowest BCUT2D eigenvalue weighted by molar-refractivity contribution is 0.0761. The molecular weight excluding hydrogens is 458 g/mol. The van der Waals surface area contributed by atoms with E-state index in [4.69, 9.17) is 11.6 Å². The fourth-order valence-corrected chi connectivity index (χ4v) is 4.74. The van der Waals surface area contributed by atoms with Gasteiger partial charge in [-0.3, -0.25) is 14.5 Å². The molecule has 1 aromatic heterocycles. The van der Waals surface area contributed by atoms with Crippen LogP contribution < -0.4 is 5.32 Å². The number of rotatable bonds is 6. The number of hydrogen-bond donors (Lipinski definition) is 1. The fourth-order valence-electron chi connectivity index (χ4n) is 3.75. The molecule has 7 nitrogen and oxygen atoms in total. The Morgan fingerprint density at radius 2 is 1.82 bits per heavy atom. The number of anilines is 1. The molecule has 1 N–H and O–H groups in total. The van der Waals surface area contributed by atoms with Crippen molar-refractivity contribution in [2.75, 3.05) is 31.5 Å². The van der Waals surface area contributed by atoms with Crippen molar-refractivity contribution in [3.8, 4) is 0 Å². The number of nitrogens with zero attached hydrogens (tertiary/aromatic N) is 4. The fraction of sp³-hybridized carbons (Fsp3) is 0.333. The molecule has 2 aromatic carbocycles. The molecule has 0 saturated carbocycles. The predicted octanol–water partition coefficient (Wildman–Crippen LogP) is 4.35. The lowest BCUT2D eigenvalue weighted by atomic mass is 10.1. The Kier molecular flexibility index (Phi) is 7.69. The van der Waals surface area contributed by atoms with E-state index >= 15 is 0 Å². The van der Waals surface area contributed by atoms with E-state index < -0.39 is 0 Å². The van der Waals surface area contributed by atoms with E-state index in [2.05, 4.69) is 27.3 Å². The van der Waals surface area contributed by atoms with Gasteiger partial charge in [0.05, 0.1) is 17.1 Å². The highest BCUT2D eigenvalue weighted by atomic mass is 35.5. The average molecular weight is 484 g/mol. The highest BCUT2D eigenvalue weighted by molar-refractivity contribution is 7.13. The second-order valence-corrected chi connectivity index (χ2v) is 9.38. The monoisotopic (exact) mass is 483 g/mol. The van der Waals surface area contributed by atoms with Gasteiger partial charge in [0.15, 0.2) is 0 Å². The van der Waals surface area contributed by atoms with Gasteiger partial charge in [-0.05, 0) is 42.7 Å². The van der Waals surface area contributed by atoms with Gasteiger partial charge in [-0.2, -0.15) is 0 Å². The Morgan fingerprint density at radius 1 is 1.03 bits per heavy atom. The van der Waals surface area contributed by atoms with Crippen molar-refractivity contribution in [1.29, 1.82) is 0 Å². The summed E-state index contributed by atoms with van der Waals surface area (Å²) >= 11 is 7.50. The molecule has 33 heavy (non-hydrogen) atoms. The number of carbonyl (C=O) groups excluding carboxylic acids is 2. The van der Waals surface area contributed by atoms with Crippen molar-refractivity contribution in [3.63, 3.8) is 0 Å². The van der Waals surface area contributed by atoms with E-state index in [0.29, 0.717) is 35.2 Å². The quantitative estimate of drug-likeness (QED) is 0.563. The van der Waals surface area contributed by atoms with Crippen molar-refractivity contribution in [2.45, 2.75) is 26.3 Å². The molecule has 1 aliphatic rings. The third-order valence-corrected chi connectivity index (χ3v) is 6.86. The van der Waals surface area contributed by atoms with Crippen LogP contribution in [0.4, 0.5) is 5.69 Å². The predicted molar refractivity (Wildman–Crippen MR) is 131 cm³/mol. The Hall–Kier alpha value is -2.81. The lowest BCUT2D eigenvalue weighted by Crippen LogP contribution is -2.35. The van der Waals surface area contributed by atoms with E-state index in [-0.39, 0.29) is 11.8 Å². The number of aryl methyl sites for hydroxylation is 1. The first kappa shape index (κ1) is 23.4. The third kappa shape index (κ3) is 5.96. The van der Waals surface area contributed by atoms with E-state index in [0.717, 1.165) is 36.6 Å². The summed E-state index contributed by atoms with van der Waals surface area (Å²) in [5.41, 5.74) is 2.50. The smallest absolute Gasteiger partial charge is 0.286 e. The van der Waals surface area contributed by atoms with Crippen LogP contribution in [0.3, 0.4) is 0 Å². The summed E-state index contributed by atoms with van der Waals surface area (Å²) in [6, 6.07) is 14.9. The molecule has 0 aliphatic carbocycles. The van der Waals surface area contributed by atoms with Crippen LogP contribution in [-0.2, 0) is 13.0 Å². The molecule has 3 aromatic rings. The van der Waals surface area contributed by atoms with Gasteiger partial charge in [-0.1, -0.05) is 54.1 Å². The summed E-state index contributed by atoms with van der Waals surface area (Å²) in [6.07, 6.45) is 1.81. The molecule has 9 heteroatoms. The summed E-state index contributed by atoms with van der Waals surface area (Å²) in [7, 11) is 0. The minimum Gasteiger partial charge on any atom is -0.337 e. The minimum absolute atomic E-state index is 0.0377. The summed E-state index contributed by atoms with van der Waals surface area (Å²) in [4.78, 5) is 29.5. The van der Waals surface area contributed by atoms with Crippen LogP contribution >= 0.6 is 22.9 Å². The third-order valence-electron chi connectivity index (χ3n) is 5.62. The summed E-state index contributed by atoms with van der Waals surface area (Å²) in [6.45, 7) is 5.56. The zero-order valence-corrected chi connectivity index (χ0v) is 20.0. The number of halogens is 1. The number of benzene rings is 2. The van der Waals surface area contributed by atoms with Crippen LogP contribution in [0.25, 0.3) is 0 Å². The highest BCUT2D eigenvalue weighted by Crippen LogP contribution is 2.20. The van der Waals surface area contributed by atoms with E-state index in [1.165, 1.54) is 16.9 Å². The van der Waals surface area contributed by atoms with E-state index in [1.807, 2.05) is 41.3 Å². The largest absolute Gasteiger partial charge is 0.337 e. The standard InChI is InChI=1S/C24H26ClN5O2S/c1-2-17-8-10-18(11-9-17)26-22(31)23-28-27-21(33-23)16-29-12-5-13-30(15-14-29)24(32)19-6-3-4-7-20(19)25/h3-4,6-11H,2,5,12-16H2,1H3,(H,26,31). The topological polar surface area (TPSA) is 78.4 Å². The van der Waals surface area contributed by atoms with Crippen LogP contribution in [0.5, 0.6) is 0 Å². The normalized spacial score (nSPS) is 14.7. The highest BCUT2D eigenvalue weighted by Gasteiger charge is 2.23. The molecule has 0 unspecified atom stereocenters. The molecule has 1 aliphatic heterocycles. The van der Waals surface area contributed by atoms with Crippen molar-refractivity contribution < 1.29 is 9.59 Å². The van der Waals surface area contributed by atoms with Crippen LogP contribution in [0.15, 0.2) is 48.5 Å². The number of nitrogens with one attached hydrogen (secondary N) is 1. The van der Waals surface area contributed by atoms with E-state index in [1.54, 1.807) is 12.1 Å². The lowest BCUT2D eigenvalue weighted by Gasteiger charge is -2.22. The van der Waals surface area contributed by atoms with Crippen LogP contribution in [0.1, 0.15) is 44.1 Å². The van der Waals surface area contributed by atoms with Crippen molar-refractivity contribution >= 4 is 40.4 Å². The summed E-state index contributed by atoms with van der Waals surface area (Å²) in [5, 5.41) is 12.8. The van der Waals surface area contributed by atoms with Crippen molar-refractivity contribution in [3.05, 3.63) is 74.7 Å². The first-order valence-corrected chi connectivity index (χ1v) is 12.2. The maximum absolute atomic E-state index is 12.9. The summed E-state index contributed by atoms with van der Waals surface area (Å²) < 4.78 is 0. The Balaban J connectivity index is 1.32. The van der Waals surface area contributed by atoms with Gasteiger partial charge in [-0.25, -0.2) is 0 Å². The molecule has 2 amide bonds.